The molecule has 0 radical (unpaired) electrons. The highest BCUT2D eigenvalue weighted by Crippen LogP contribution is 2.27. The Balaban J connectivity index is 1.50. The van der Waals surface area contributed by atoms with Crippen molar-refractivity contribution in [2.75, 3.05) is 0 Å². The van der Waals surface area contributed by atoms with E-state index in [0.29, 0.717) is 28.8 Å². The fraction of sp³-hybridized carbons (Fsp3) is 0.444. The Bertz CT molecular complexity index is 645. The summed E-state index contributed by atoms with van der Waals surface area (Å²) in [5, 5.41) is 4.62. The standard InChI is InChI=1S/C18H20ClNO3/c19-15-8-6-14(7-9-15)17-11-16(20-23-17)12-22-18(21)10-13-4-2-1-3-5-13/h6-9,11,13H,1-5,10,12H2. The zero-order valence-electron chi connectivity index (χ0n) is 13.0. The van der Waals surface area contributed by atoms with Gasteiger partial charge in [0, 0.05) is 23.1 Å². The van der Waals surface area contributed by atoms with Crippen LogP contribution in [0.1, 0.15) is 44.2 Å². The smallest absolute Gasteiger partial charge is 0.306 e. The van der Waals surface area contributed by atoms with E-state index in [1.807, 2.05) is 12.1 Å². The van der Waals surface area contributed by atoms with Gasteiger partial charge in [0.05, 0.1) is 0 Å². The first-order chi connectivity index (χ1) is 11.2. The van der Waals surface area contributed by atoms with Gasteiger partial charge in [-0.2, -0.15) is 0 Å². The SMILES string of the molecule is O=C(CC1CCCCC1)OCc1cc(-c2ccc(Cl)cc2)on1. The molecule has 0 saturated heterocycles. The van der Waals surface area contributed by atoms with Gasteiger partial charge in [-0.05, 0) is 43.0 Å². The molecular formula is C18H20ClNO3. The van der Waals surface area contributed by atoms with Gasteiger partial charge in [-0.15, -0.1) is 0 Å². The molecule has 3 rings (SSSR count). The summed E-state index contributed by atoms with van der Waals surface area (Å²) in [5.41, 5.74) is 1.51. The molecule has 122 valence electrons. The first kappa shape index (κ1) is 16.1. The van der Waals surface area contributed by atoms with Crippen molar-refractivity contribution in [3.05, 3.63) is 41.0 Å². The maximum absolute atomic E-state index is 11.9. The maximum Gasteiger partial charge on any atom is 0.306 e. The monoisotopic (exact) mass is 333 g/mol. The van der Waals surface area contributed by atoms with Gasteiger partial charge >= 0.3 is 5.97 Å². The molecule has 0 atom stereocenters. The molecule has 0 bridgehead atoms. The van der Waals surface area contributed by atoms with E-state index >= 15 is 0 Å². The number of aromatic nitrogens is 1. The molecule has 23 heavy (non-hydrogen) atoms. The second-order valence-electron chi connectivity index (χ2n) is 6.06. The van der Waals surface area contributed by atoms with E-state index in [2.05, 4.69) is 5.16 Å². The van der Waals surface area contributed by atoms with Crippen molar-refractivity contribution in [3.63, 3.8) is 0 Å². The largest absolute Gasteiger partial charge is 0.459 e. The summed E-state index contributed by atoms with van der Waals surface area (Å²) in [7, 11) is 0. The zero-order valence-corrected chi connectivity index (χ0v) is 13.7. The molecule has 2 aromatic rings. The predicted octanol–water partition coefficient (Wildman–Crippen LogP) is 5.01. The van der Waals surface area contributed by atoms with E-state index in [9.17, 15) is 4.79 Å². The Hall–Kier alpha value is -1.81. The zero-order chi connectivity index (χ0) is 16.1. The van der Waals surface area contributed by atoms with Crippen molar-refractivity contribution < 1.29 is 14.1 Å². The molecule has 1 aliphatic carbocycles. The Morgan fingerprint density at radius 1 is 1.22 bits per heavy atom. The predicted molar refractivity (Wildman–Crippen MR) is 87.9 cm³/mol. The van der Waals surface area contributed by atoms with Crippen LogP contribution in [0.15, 0.2) is 34.9 Å². The van der Waals surface area contributed by atoms with E-state index in [1.165, 1.54) is 19.3 Å². The van der Waals surface area contributed by atoms with Crippen LogP contribution in [0.4, 0.5) is 0 Å². The molecule has 1 aliphatic rings. The Morgan fingerprint density at radius 3 is 2.70 bits per heavy atom. The number of halogens is 1. The summed E-state index contributed by atoms with van der Waals surface area (Å²) < 4.78 is 10.6. The Kier molecular flexibility index (Phi) is 5.34. The van der Waals surface area contributed by atoms with Crippen molar-refractivity contribution >= 4 is 17.6 Å². The van der Waals surface area contributed by atoms with E-state index in [4.69, 9.17) is 20.9 Å². The average Bonchev–Trinajstić information content (AvgIpc) is 3.04. The number of hydrogen-bond donors (Lipinski definition) is 0. The maximum atomic E-state index is 11.9. The summed E-state index contributed by atoms with van der Waals surface area (Å²) in [5.74, 6) is 0.978. The van der Waals surface area contributed by atoms with Crippen molar-refractivity contribution in [2.45, 2.75) is 45.1 Å². The number of esters is 1. The molecular weight excluding hydrogens is 314 g/mol. The lowest BCUT2D eigenvalue weighted by Gasteiger charge is -2.20. The van der Waals surface area contributed by atoms with Crippen LogP contribution in [-0.4, -0.2) is 11.1 Å². The molecule has 5 heteroatoms. The molecule has 1 heterocycles. The summed E-state index contributed by atoms with van der Waals surface area (Å²) in [6.45, 7) is 0.155. The lowest BCUT2D eigenvalue weighted by Crippen LogP contribution is -2.14. The van der Waals surface area contributed by atoms with Crippen LogP contribution in [0.25, 0.3) is 11.3 Å². The number of benzene rings is 1. The number of ether oxygens (including phenoxy) is 1. The van der Waals surface area contributed by atoms with Crippen LogP contribution in [0.2, 0.25) is 5.02 Å². The van der Waals surface area contributed by atoms with Crippen LogP contribution in [0.5, 0.6) is 0 Å². The minimum atomic E-state index is -0.145. The number of rotatable bonds is 5. The lowest BCUT2D eigenvalue weighted by molar-refractivity contribution is -0.146. The van der Waals surface area contributed by atoms with Gasteiger partial charge in [0.2, 0.25) is 0 Å². The average molecular weight is 334 g/mol. The normalized spacial score (nSPS) is 15.5. The highest BCUT2D eigenvalue weighted by Gasteiger charge is 2.18. The van der Waals surface area contributed by atoms with Crippen LogP contribution < -0.4 is 0 Å². The van der Waals surface area contributed by atoms with Crippen molar-refractivity contribution in [1.82, 2.24) is 5.16 Å². The molecule has 1 aromatic carbocycles. The molecule has 0 amide bonds. The van der Waals surface area contributed by atoms with E-state index in [0.717, 1.165) is 18.4 Å². The summed E-state index contributed by atoms with van der Waals surface area (Å²) in [6, 6.07) is 9.10. The highest BCUT2D eigenvalue weighted by atomic mass is 35.5. The molecule has 0 N–H and O–H groups in total. The van der Waals surface area contributed by atoms with Crippen LogP contribution in [-0.2, 0) is 16.1 Å². The number of nitrogens with zero attached hydrogens (tertiary/aromatic N) is 1. The first-order valence-electron chi connectivity index (χ1n) is 8.08. The third-order valence-corrected chi connectivity index (χ3v) is 4.50. The third kappa shape index (κ3) is 4.58. The quantitative estimate of drug-likeness (QED) is 0.722. The highest BCUT2D eigenvalue weighted by molar-refractivity contribution is 6.30. The minimum absolute atomic E-state index is 0.145. The van der Waals surface area contributed by atoms with Crippen molar-refractivity contribution in [1.29, 1.82) is 0 Å². The fourth-order valence-corrected chi connectivity index (χ4v) is 3.10. The van der Waals surface area contributed by atoms with Gasteiger partial charge in [-0.1, -0.05) is 36.0 Å². The van der Waals surface area contributed by atoms with Crippen LogP contribution >= 0.6 is 11.6 Å². The molecule has 0 spiro atoms. The van der Waals surface area contributed by atoms with Gasteiger partial charge < -0.3 is 9.26 Å². The molecule has 0 aliphatic heterocycles. The second-order valence-corrected chi connectivity index (χ2v) is 6.49. The van der Waals surface area contributed by atoms with Crippen LogP contribution in [0.3, 0.4) is 0 Å². The van der Waals surface area contributed by atoms with E-state index in [-0.39, 0.29) is 12.6 Å². The Morgan fingerprint density at radius 2 is 1.96 bits per heavy atom. The van der Waals surface area contributed by atoms with Crippen molar-refractivity contribution in [3.8, 4) is 11.3 Å². The van der Waals surface area contributed by atoms with Gasteiger partial charge in [0.25, 0.3) is 0 Å². The number of carbonyl (C=O) groups excluding carboxylic acids is 1. The molecule has 0 unspecified atom stereocenters. The molecule has 1 saturated carbocycles. The first-order valence-corrected chi connectivity index (χ1v) is 8.45. The molecule has 4 nitrogen and oxygen atoms in total. The van der Waals surface area contributed by atoms with Gasteiger partial charge in [-0.3, -0.25) is 4.79 Å². The third-order valence-electron chi connectivity index (χ3n) is 4.25. The summed E-state index contributed by atoms with van der Waals surface area (Å²) in [4.78, 5) is 11.9. The topological polar surface area (TPSA) is 52.3 Å². The van der Waals surface area contributed by atoms with Gasteiger partial charge in [0.1, 0.15) is 12.3 Å². The molecule has 1 aromatic heterocycles. The van der Waals surface area contributed by atoms with E-state index in [1.54, 1.807) is 18.2 Å². The van der Waals surface area contributed by atoms with Gasteiger partial charge in [0.15, 0.2) is 5.76 Å². The fourth-order valence-electron chi connectivity index (χ4n) is 2.97. The van der Waals surface area contributed by atoms with E-state index < -0.39 is 0 Å². The number of carbonyl (C=O) groups is 1. The van der Waals surface area contributed by atoms with Gasteiger partial charge in [-0.25, -0.2) is 0 Å². The Labute approximate surface area is 140 Å². The summed E-state index contributed by atoms with van der Waals surface area (Å²) in [6.07, 6.45) is 6.54. The minimum Gasteiger partial charge on any atom is -0.459 e. The number of hydrogen-bond acceptors (Lipinski definition) is 4. The van der Waals surface area contributed by atoms with Crippen molar-refractivity contribution in [2.24, 2.45) is 5.92 Å². The lowest BCUT2D eigenvalue weighted by atomic mass is 9.87. The van der Waals surface area contributed by atoms with Crippen LogP contribution in [0, 0.1) is 5.92 Å². The second kappa shape index (κ2) is 7.64. The molecule has 1 fully saturated rings. The summed E-state index contributed by atoms with van der Waals surface area (Å²) >= 11 is 5.87.